The molecule has 0 bridgehead atoms. The van der Waals surface area contributed by atoms with Crippen molar-refractivity contribution in [2.45, 2.75) is 49.9 Å². The standard InChI is InChI=1S/C16H23NO2S/c1-20-15-8-6-14(7-9-15)17-11-13-5-3-2-4-12(13)10-16(18)19/h2-5,14-15,17H,6-11H2,1H3,(H,18,19). The second-order valence-corrected chi connectivity index (χ2v) is 6.57. The third-order valence-corrected chi connectivity index (χ3v) is 5.19. The zero-order chi connectivity index (χ0) is 14.4. The fourth-order valence-corrected chi connectivity index (χ4v) is 3.57. The fourth-order valence-electron chi connectivity index (χ4n) is 2.82. The van der Waals surface area contributed by atoms with Crippen LogP contribution in [-0.2, 0) is 17.8 Å². The molecule has 2 N–H and O–H groups in total. The first kappa shape index (κ1) is 15.4. The molecule has 1 saturated carbocycles. The third-order valence-electron chi connectivity index (χ3n) is 4.05. The summed E-state index contributed by atoms with van der Waals surface area (Å²) in [7, 11) is 0. The number of hydrogen-bond donors (Lipinski definition) is 2. The van der Waals surface area contributed by atoms with Crippen molar-refractivity contribution in [2.24, 2.45) is 0 Å². The van der Waals surface area contributed by atoms with Gasteiger partial charge in [-0.3, -0.25) is 4.79 Å². The van der Waals surface area contributed by atoms with Crippen molar-refractivity contribution in [3.8, 4) is 0 Å². The first-order valence-electron chi connectivity index (χ1n) is 7.23. The van der Waals surface area contributed by atoms with E-state index in [9.17, 15) is 4.79 Å². The van der Waals surface area contributed by atoms with E-state index in [1.165, 1.54) is 25.7 Å². The van der Waals surface area contributed by atoms with Gasteiger partial charge in [-0.05, 0) is 43.1 Å². The summed E-state index contributed by atoms with van der Waals surface area (Å²) in [4.78, 5) is 10.9. The van der Waals surface area contributed by atoms with Crippen molar-refractivity contribution in [3.63, 3.8) is 0 Å². The number of carbonyl (C=O) groups is 1. The lowest BCUT2D eigenvalue weighted by Crippen LogP contribution is -2.33. The quantitative estimate of drug-likeness (QED) is 0.846. The van der Waals surface area contributed by atoms with Crippen LogP contribution in [0.15, 0.2) is 24.3 Å². The summed E-state index contributed by atoms with van der Waals surface area (Å²) in [5.74, 6) is -0.766. The summed E-state index contributed by atoms with van der Waals surface area (Å²) < 4.78 is 0. The van der Waals surface area contributed by atoms with Gasteiger partial charge in [0.25, 0.3) is 0 Å². The maximum atomic E-state index is 10.9. The highest BCUT2D eigenvalue weighted by Crippen LogP contribution is 2.27. The fraction of sp³-hybridized carbons (Fsp3) is 0.562. The maximum absolute atomic E-state index is 10.9. The minimum atomic E-state index is -0.766. The minimum Gasteiger partial charge on any atom is -0.481 e. The largest absolute Gasteiger partial charge is 0.481 e. The molecule has 0 radical (unpaired) electrons. The lowest BCUT2D eigenvalue weighted by molar-refractivity contribution is -0.136. The normalized spacial score (nSPS) is 22.6. The summed E-state index contributed by atoms with van der Waals surface area (Å²) in [5, 5.41) is 13.4. The molecule has 1 aliphatic rings. The molecule has 0 saturated heterocycles. The Balaban J connectivity index is 1.86. The van der Waals surface area contributed by atoms with Crippen LogP contribution < -0.4 is 5.32 Å². The first-order chi connectivity index (χ1) is 9.69. The average Bonchev–Trinajstić information content (AvgIpc) is 2.46. The molecule has 1 fully saturated rings. The van der Waals surface area contributed by atoms with Crippen molar-refractivity contribution < 1.29 is 9.90 Å². The summed E-state index contributed by atoms with van der Waals surface area (Å²) in [6, 6.07) is 8.41. The van der Waals surface area contributed by atoms with Gasteiger partial charge < -0.3 is 10.4 Å². The zero-order valence-electron chi connectivity index (χ0n) is 12.0. The third kappa shape index (κ3) is 4.53. The van der Waals surface area contributed by atoms with E-state index in [0.717, 1.165) is 22.9 Å². The van der Waals surface area contributed by atoms with Crippen LogP contribution in [0.25, 0.3) is 0 Å². The number of aliphatic carboxylic acids is 1. The van der Waals surface area contributed by atoms with Crippen LogP contribution >= 0.6 is 11.8 Å². The minimum absolute atomic E-state index is 0.108. The van der Waals surface area contributed by atoms with E-state index in [2.05, 4.69) is 11.6 Å². The molecule has 0 heterocycles. The number of carboxylic acids is 1. The highest BCUT2D eigenvalue weighted by Gasteiger charge is 2.20. The Kier molecular flexibility index (Phi) is 5.92. The molecule has 20 heavy (non-hydrogen) atoms. The van der Waals surface area contributed by atoms with Crippen LogP contribution in [0.3, 0.4) is 0 Å². The van der Waals surface area contributed by atoms with Gasteiger partial charge in [0, 0.05) is 17.8 Å². The van der Waals surface area contributed by atoms with Crippen molar-refractivity contribution in [2.75, 3.05) is 6.26 Å². The molecule has 2 rings (SSSR count). The summed E-state index contributed by atoms with van der Waals surface area (Å²) in [6.07, 6.45) is 7.34. The van der Waals surface area contributed by atoms with Crippen LogP contribution in [0.5, 0.6) is 0 Å². The number of hydrogen-bond acceptors (Lipinski definition) is 3. The Morgan fingerprint density at radius 1 is 1.25 bits per heavy atom. The van der Waals surface area contributed by atoms with E-state index in [1.807, 2.05) is 36.0 Å². The van der Waals surface area contributed by atoms with E-state index in [1.54, 1.807) is 0 Å². The van der Waals surface area contributed by atoms with E-state index >= 15 is 0 Å². The average molecular weight is 293 g/mol. The maximum Gasteiger partial charge on any atom is 0.307 e. The van der Waals surface area contributed by atoms with Crippen molar-refractivity contribution in [1.29, 1.82) is 0 Å². The van der Waals surface area contributed by atoms with Gasteiger partial charge in [0.1, 0.15) is 0 Å². The van der Waals surface area contributed by atoms with Crippen LogP contribution in [0.4, 0.5) is 0 Å². The molecule has 1 aromatic rings. The molecule has 0 aromatic heterocycles. The Morgan fingerprint density at radius 2 is 1.90 bits per heavy atom. The predicted molar refractivity (Wildman–Crippen MR) is 84.2 cm³/mol. The van der Waals surface area contributed by atoms with Crippen molar-refractivity contribution in [3.05, 3.63) is 35.4 Å². The molecular weight excluding hydrogens is 270 g/mol. The molecule has 0 amide bonds. The van der Waals surface area contributed by atoms with E-state index in [0.29, 0.717) is 6.04 Å². The molecule has 3 nitrogen and oxygen atoms in total. The van der Waals surface area contributed by atoms with Gasteiger partial charge in [0.05, 0.1) is 6.42 Å². The van der Waals surface area contributed by atoms with Crippen molar-refractivity contribution in [1.82, 2.24) is 5.32 Å². The number of nitrogens with one attached hydrogen (secondary N) is 1. The lowest BCUT2D eigenvalue weighted by Gasteiger charge is -2.28. The number of thioether (sulfide) groups is 1. The van der Waals surface area contributed by atoms with Crippen LogP contribution in [0, 0.1) is 0 Å². The smallest absolute Gasteiger partial charge is 0.307 e. The SMILES string of the molecule is CSC1CCC(NCc2ccccc2CC(=O)O)CC1. The van der Waals surface area contributed by atoms with Gasteiger partial charge in [0.15, 0.2) is 0 Å². The van der Waals surface area contributed by atoms with Gasteiger partial charge in [-0.1, -0.05) is 24.3 Å². The second kappa shape index (κ2) is 7.70. The number of benzene rings is 1. The van der Waals surface area contributed by atoms with E-state index in [4.69, 9.17) is 5.11 Å². The summed E-state index contributed by atoms with van der Waals surface area (Å²) >= 11 is 1.98. The number of carboxylic acid groups (broad SMARTS) is 1. The monoisotopic (exact) mass is 293 g/mol. The Bertz CT molecular complexity index is 442. The summed E-state index contributed by atoms with van der Waals surface area (Å²) in [6.45, 7) is 0.776. The predicted octanol–water partition coefficient (Wildman–Crippen LogP) is 3.08. The molecule has 0 atom stereocenters. The van der Waals surface area contributed by atoms with Gasteiger partial charge >= 0.3 is 5.97 Å². The van der Waals surface area contributed by atoms with Crippen LogP contribution in [0.2, 0.25) is 0 Å². The van der Waals surface area contributed by atoms with Crippen LogP contribution in [0.1, 0.15) is 36.8 Å². The molecule has 110 valence electrons. The molecule has 0 unspecified atom stereocenters. The molecule has 1 aliphatic carbocycles. The summed E-state index contributed by atoms with van der Waals surface area (Å²) in [5.41, 5.74) is 2.03. The van der Waals surface area contributed by atoms with Crippen LogP contribution in [-0.4, -0.2) is 28.6 Å². The van der Waals surface area contributed by atoms with Gasteiger partial charge in [0.2, 0.25) is 0 Å². The van der Waals surface area contributed by atoms with Gasteiger partial charge in [-0.2, -0.15) is 11.8 Å². The van der Waals surface area contributed by atoms with Crippen molar-refractivity contribution >= 4 is 17.7 Å². The van der Waals surface area contributed by atoms with Gasteiger partial charge in [-0.15, -0.1) is 0 Å². The number of rotatable bonds is 6. The topological polar surface area (TPSA) is 49.3 Å². The second-order valence-electron chi connectivity index (χ2n) is 5.43. The molecule has 4 heteroatoms. The van der Waals surface area contributed by atoms with Gasteiger partial charge in [-0.25, -0.2) is 0 Å². The molecule has 1 aromatic carbocycles. The highest BCUT2D eigenvalue weighted by atomic mass is 32.2. The molecule has 0 aliphatic heterocycles. The molecule has 0 spiro atoms. The zero-order valence-corrected chi connectivity index (χ0v) is 12.8. The Labute approximate surface area is 125 Å². The Morgan fingerprint density at radius 3 is 2.50 bits per heavy atom. The van der Waals surface area contributed by atoms with E-state index < -0.39 is 5.97 Å². The Hall–Kier alpha value is -1.00. The highest BCUT2D eigenvalue weighted by molar-refractivity contribution is 7.99. The molecular formula is C16H23NO2S. The lowest BCUT2D eigenvalue weighted by atomic mass is 9.94. The first-order valence-corrected chi connectivity index (χ1v) is 8.52. The van der Waals surface area contributed by atoms with E-state index in [-0.39, 0.29) is 6.42 Å².